The van der Waals surface area contributed by atoms with Crippen molar-refractivity contribution in [2.75, 3.05) is 34.4 Å². The van der Waals surface area contributed by atoms with Crippen LogP contribution in [0.25, 0.3) is 0 Å². The van der Waals surface area contributed by atoms with Crippen LogP contribution in [0.15, 0.2) is 36.1 Å². The lowest BCUT2D eigenvalue weighted by Gasteiger charge is -2.31. The molecular weight excluding hydrogens is 400 g/mol. The summed E-state index contributed by atoms with van der Waals surface area (Å²) in [7, 11) is 4.90. The summed E-state index contributed by atoms with van der Waals surface area (Å²) in [5.74, 6) is 3.57. The monoisotopic (exact) mass is 428 g/mol. The molecule has 0 N–H and O–H groups in total. The van der Waals surface area contributed by atoms with Gasteiger partial charge in [-0.3, -0.25) is 4.90 Å². The van der Waals surface area contributed by atoms with Crippen molar-refractivity contribution in [2.24, 2.45) is 0 Å². The summed E-state index contributed by atoms with van der Waals surface area (Å²) < 4.78 is 18.7. The molecule has 0 radical (unpaired) electrons. The van der Waals surface area contributed by atoms with E-state index < -0.39 is 0 Å². The van der Waals surface area contributed by atoms with Crippen molar-refractivity contribution in [2.45, 2.75) is 31.8 Å². The lowest BCUT2D eigenvalue weighted by Crippen LogP contribution is -2.33. The van der Waals surface area contributed by atoms with Crippen molar-refractivity contribution in [3.05, 3.63) is 52.5 Å². The van der Waals surface area contributed by atoms with Crippen molar-refractivity contribution < 1.29 is 14.2 Å². The van der Waals surface area contributed by atoms with Crippen LogP contribution in [0.2, 0.25) is 0 Å². The van der Waals surface area contributed by atoms with Crippen molar-refractivity contribution >= 4 is 11.3 Å². The summed E-state index contributed by atoms with van der Waals surface area (Å²) >= 11 is 1.73. The number of methoxy groups -OCH3 is 3. The molecule has 3 aromatic rings. The summed E-state index contributed by atoms with van der Waals surface area (Å²) in [6.07, 6.45) is 8.05. The SMILES string of the molecule is COc1cc(Cn2ccnc2C2CCN(Cc3nccs3)CC2)cc(OC)c1OC. The van der Waals surface area contributed by atoms with Crippen LogP contribution >= 0.6 is 11.3 Å². The van der Waals surface area contributed by atoms with Crippen LogP contribution in [-0.2, 0) is 13.1 Å². The van der Waals surface area contributed by atoms with E-state index in [1.165, 1.54) is 5.01 Å². The molecule has 0 aliphatic carbocycles. The fourth-order valence-corrected chi connectivity index (χ4v) is 4.77. The van der Waals surface area contributed by atoms with E-state index in [-0.39, 0.29) is 0 Å². The second-order valence-electron chi connectivity index (χ2n) is 7.42. The molecule has 0 bridgehead atoms. The Labute approximate surface area is 181 Å². The maximum absolute atomic E-state index is 5.50. The Balaban J connectivity index is 1.45. The molecule has 1 fully saturated rings. The lowest BCUT2D eigenvalue weighted by atomic mass is 9.96. The van der Waals surface area contributed by atoms with Crippen molar-refractivity contribution in [1.29, 1.82) is 0 Å². The number of imidazole rings is 1. The highest BCUT2D eigenvalue weighted by molar-refractivity contribution is 7.09. The Bertz CT molecular complexity index is 924. The van der Waals surface area contributed by atoms with Gasteiger partial charge in [-0.05, 0) is 43.6 Å². The van der Waals surface area contributed by atoms with Crippen molar-refractivity contribution in [3.63, 3.8) is 0 Å². The number of hydrogen-bond acceptors (Lipinski definition) is 7. The highest BCUT2D eigenvalue weighted by Crippen LogP contribution is 2.38. The second kappa shape index (κ2) is 9.49. The summed E-state index contributed by atoms with van der Waals surface area (Å²) in [5, 5.41) is 3.24. The number of rotatable bonds is 8. The Morgan fingerprint density at radius 1 is 0.967 bits per heavy atom. The van der Waals surface area contributed by atoms with Gasteiger partial charge in [0.05, 0.1) is 27.9 Å². The third kappa shape index (κ3) is 4.44. The minimum absolute atomic E-state index is 0.467. The van der Waals surface area contributed by atoms with E-state index in [1.54, 1.807) is 32.7 Å². The maximum atomic E-state index is 5.50. The molecule has 1 aliphatic rings. The van der Waals surface area contributed by atoms with Gasteiger partial charge in [0.1, 0.15) is 10.8 Å². The normalized spacial score (nSPS) is 15.3. The first kappa shape index (κ1) is 20.7. The number of nitrogens with zero attached hydrogens (tertiary/aromatic N) is 4. The van der Waals surface area contributed by atoms with Crippen LogP contribution in [0.5, 0.6) is 17.2 Å². The average molecular weight is 429 g/mol. The zero-order chi connectivity index (χ0) is 20.9. The first-order chi connectivity index (χ1) is 14.7. The molecule has 0 amide bonds. The van der Waals surface area contributed by atoms with Gasteiger partial charge < -0.3 is 18.8 Å². The van der Waals surface area contributed by atoms with Crippen molar-refractivity contribution in [3.8, 4) is 17.2 Å². The van der Waals surface area contributed by atoms with Gasteiger partial charge in [-0.1, -0.05) is 0 Å². The first-order valence-corrected chi connectivity index (χ1v) is 11.0. The maximum Gasteiger partial charge on any atom is 0.203 e. The fraction of sp³-hybridized carbons (Fsp3) is 0.455. The molecule has 8 heteroatoms. The van der Waals surface area contributed by atoms with Crippen LogP contribution in [-0.4, -0.2) is 53.9 Å². The summed E-state index contributed by atoms with van der Waals surface area (Å²) in [6.45, 7) is 3.80. The molecule has 1 aliphatic heterocycles. The summed E-state index contributed by atoms with van der Waals surface area (Å²) in [6, 6.07) is 4.00. The predicted molar refractivity (Wildman–Crippen MR) is 117 cm³/mol. The van der Waals surface area contributed by atoms with Crippen LogP contribution in [0.4, 0.5) is 0 Å². The van der Waals surface area contributed by atoms with Crippen LogP contribution in [0.3, 0.4) is 0 Å². The molecule has 4 rings (SSSR count). The van der Waals surface area contributed by atoms with Crippen LogP contribution < -0.4 is 14.2 Å². The van der Waals surface area contributed by atoms with E-state index in [1.807, 2.05) is 29.9 Å². The van der Waals surface area contributed by atoms with Gasteiger partial charge in [0, 0.05) is 36.4 Å². The predicted octanol–water partition coefficient (Wildman–Crippen LogP) is 3.79. The molecular formula is C22H28N4O3S. The van der Waals surface area contributed by atoms with Crippen LogP contribution in [0.1, 0.15) is 35.2 Å². The number of hydrogen-bond donors (Lipinski definition) is 0. The molecule has 7 nitrogen and oxygen atoms in total. The molecule has 160 valence electrons. The van der Waals surface area contributed by atoms with Gasteiger partial charge in [-0.25, -0.2) is 9.97 Å². The van der Waals surface area contributed by atoms with E-state index in [0.717, 1.165) is 43.9 Å². The van der Waals surface area contributed by atoms with Gasteiger partial charge in [0.15, 0.2) is 11.5 Å². The highest BCUT2D eigenvalue weighted by Gasteiger charge is 2.24. The smallest absolute Gasteiger partial charge is 0.203 e. The minimum Gasteiger partial charge on any atom is -0.493 e. The molecule has 0 spiro atoms. The molecule has 0 atom stereocenters. The number of benzene rings is 1. The molecule has 30 heavy (non-hydrogen) atoms. The number of piperidine rings is 1. The quantitative estimate of drug-likeness (QED) is 0.544. The highest BCUT2D eigenvalue weighted by atomic mass is 32.1. The Kier molecular flexibility index (Phi) is 6.54. The second-order valence-corrected chi connectivity index (χ2v) is 8.40. The Morgan fingerprint density at radius 2 is 1.70 bits per heavy atom. The lowest BCUT2D eigenvalue weighted by molar-refractivity contribution is 0.200. The largest absolute Gasteiger partial charge is 0.493 e. The molecule has 0 unspecified atom stereocenters. The van der Waals surface area contributed by atoms with E-state index in [0.29, 0.717) is 29.7 Å². The number of thiazole rings is 1. The standard InChI is InChI=1S/C22H28N4O3S/c1-27-18-12-16(13-19(28-2)21(18)29-3)14-26-10-6-24-22(26)17-4-8-25(9-5-17)15-20-23-7-11-30-20/h6-7,10-13,17H,4-5,8-9,14-15H2,1-3H3. The zero-order valence-corrected chi connectivity index (χ0v) is 18.5. The summed E-state index contributed by atoms with van der Waals surface area (Å²) in [4.78, 5) is 11.6. The van der Waals surface area contributed by atoms with E-state index in [9.17, 15) is 0 Å². The molecule has 3 heterocycles. The molecule has 2 aromatic heterocycles. The third-order valence-corrected chi connectivity index (χ3v) is 6.38. The topological polar surface area (TPSA) is 61.6 Å². The van der Waals surface area contributed by atoms with Gasteiger partial charge in [-0.2, -0.15) is 0 Å². The van der Waals surface area contributed by atoms with Gasteiger partial charge in [0.25, 0.3) is 0 Å². The minimum atomic E-state index is 0.467. The van der Waals surface area contributed by atoms with Gasteiger partial charge >= 0.3 is 0 Å². The first-order valence-electron chi connectivity index (χ1n) is 10.1. The molecule has 1 aromatic carbocycles. The number of likely N-dealkylation sites (tertiary alicyclic amines) is 1. The Hall–Kier alpha value is -2.58. The third-order valence-electron chi connectivity index (χ3n) is 5.62. The number of aromatic nitrogens is 3. The van der Waals surface area contributed by atoms with Gasteiger partial charge in [0.2, 0.25) is 5.75 Å². The van der Waals surface area contributed by atoms with E-state index >= 15 is 0 Å². The Morgan fingerprint density at radius 3 is 2.30 bits per heavy atom. The van der Waals surface area contributed by atoms with Crippen molar-refractivity contribution in [1.82, 2.24) is 19.4 Å². The van der Waals surface area contributed by atoms with Gasteiger partial charge in [-0.15, -0.1) is 11.3 Å². The molecule has 1 saturated heterocycles. The van der Waals surface area contributed by atoms with E-state index in [2.05, 4.69) is 20.6 Å². The number of ether oxygens (including phenoxy) is 3. The van der Waals surface area contributed by atoms with E-state index in [4.69, 9.17) is 19.2 Å². The average Bonchev–Trinajstić information content (AvgIpc) is 3.46. The zero-order valence-electron chi connectivity index (χ0n) is 17.7. The summed E-state index contributed by atoms with van der Waals surface area (Å²) in [5.41, 5.74) is 1.09. The fourth-order valence-electron chi connectivity index (χ4n) is 4.11. The van der Waals surface area contributed by atoms with Crippen LogP contribution in [0, 0.1) is 0 Å². The molecule has 0 saturated carbocycles.